The quantitative estimate of drug-likeness (QED) is 0.770. The number of likely N-dealkylation sites (tertiary alicyclic amines) is 1. The van der Waals surface area contributed by atoms with E-state index < -0.39 is 0 Å². The molecule has 0 amide bonds. The van der Waals surface area contributed by atoms with Crippen molar-refractivity contribution in [3.05, 3.63) is 12.4 Å². The third kappa shape index (κ3) is 3.96. The van der Waals surface area contributed by atoms with Crippen LogP contribution in [0.4, 0.5) is 5.82 Å². The van der Waals surface area contributed by atoms with Crippen molar-refractivity contribution in [2.24, 2.45) is 17.8 Å². The molecule has 0 unspecified atom stereocenters. The predicted octanol–water partition coefficient (Wildman–Crippen LogP) is 0.234. The van der Waals surface area contributed by atoms with E-state index in [-0.39, 0.29) is 12.5 Å². The number of ether oxygens (including phenoxy) is 1. The van der Waals surface area contributed by atoms with E-state index in [9.17, 15) is 10.2 Å². The molecule has 0 bridgehead atoms. The minimum Gasteiger partial charge on any atom is -0.481 e. The van der Waals surface area contributed by atoms with Gasteiger partial charge in [-0.25, -0.2) is 9.97 Å². The fraction of sp³-hybridized carbons (Fsp3) is 0.765. The summed E-state index contributed by atoms with van der Waals surface area (Å²) in [6.45, 7) is 5.31. The lowest BCUT2D eigenvalue weighted by Gasteiger charge is -2.33. The molecule has 134 valence electrons. The van der Waals surface area contributed by atoms with Crippen LogP contribution in [0, 0.1) is 17.8 Å². The SMILES string of the molecule is COc1cc(N2C[C@@H](CN3CCC(CO)CC3)[C@@H](CO)C2)ncn1. The number of aliphatic hydroxyl groups excluding tert-OH is 2. The summed E-state index contributed by atoms with van der Waals surface area (Å²) in [5, 5.41) is 19.0. The van der Waals surface area contributed by atoms with Crippen LogP contribution in [-0.2, 0) is 0 Å². The molecule has 7 nitrogen and oxygen atoms in total. The second kappa shape index (κ2) is 8.09. The van der Waals surface area contributed by atoms with E-state index in [1.807, 2.05) is 6.07 Å². The van der Waals surface area contributed by atoms with E-state index in [1.165, 1.54) is 6.33 Å². The first-order valence-electron chi connectivity index (χ1n) is 8.78. The van der Waals surface area contributed by atoms with Crippen molar-refractivity contribution in [1.82, 2.24) is 14.9 Å². The first-order chi connectivity index (χ1) is 11.7. The molecule has 1 aromatic heterocycles. The van der Waals surface area contributed by atoms with Gasteiger partial charge in [0.05, 0.1) is 7.11 Å². The molecular weight excluding hydrogens is 308 g/mol. The van der Waals surface area contributed by atoms with Crippen molar-refractivity contribution >= 4 is 5.82 Å². The van der Waals surface area contributed by atoms with Gasteiger partial charge in [-0.05, 0) is 37.8 Å². The van der Waals surface area contributed by atoms with Gasteiger partial charge in [0.2, 0.25) is 5.88 Å². The number of methoxy groups -OCH3 is 1. The highest BCUT2D eigenvalue weighted by Gasteiger charge is 2.35. The zero-order valence-electron chi connectivity index (χ0n) is 14.3. The molecule has 2 aliphatic rings. The number of hydrogen-bond donors (Lipinski definition) is 2. The molecular formula is C17H28N4O3. The summed E-state index contributed by atoms with van der Waals surface area (Å²) < 4.78 is 5.18. The summed E-state index contributed by atoms with van der Waals surface area (Å²) in [5.74, 6) is 2.59. The molecule has 0 aromatic carbocycles. The Kier molecular flexibility index (Phi) is 5.86. The van der Waals surface area contributed by atoms with Gasteiger partial charge >= 0.3 is 0 Å². The van der Waals surface area contributed by atoms with Gasteiger partial charge in [0.25, 0.3) is 0 Å². The van der Waals surface area contributed by atoms with E-state index in [2.05, 4.69) is 19.8 Å². The Bertz CT molecular complexity index is 522. The summed E-state index contributed by atoms with van der Waals surface area (Å²) >= 11 is 0. The number of hydrogen-bond acceptors (Lipinski definition) is 7. The zero-order valence-corrected chi connectivity index (χ0v) is 14.3. The van der Waals surface area contributed by atoms with Crippen LogP contribution in [0.15, 0.2) is 12.4 Å². The summed E-state index contributed by atoms with van der Waals surface area (Å²) in [5.41, 5.74) is 0. The molecule has 0 radical (unpaired) electrons. The van der Waals surface area contributed by atoms with Crippen LogP contribution in [0.3, 0.4) is 0 Å². The summed E-state index contributed by atoms with van der Waals surface area (Å²) in [4.78, 5) is 13.1. The minimum atomic E-state index is 0.205. The first kappa shape index (κ1) is 17.4. The number of piperidine rings is 1. The van der Waals surface area contributed by atoms with Gasteiger partial charge in [-0.1, -0.05) is 0 Å². The second-order valence-corrected chi connectivity index (χ2v) is 6.95. The number of anilines is 1. The molecule has 2 N–H and O–H groups in total. The lowest BCUT2D eigenvalue weighted by molar-refractivity contribution is 0.106. The van der Waals surface area contributed by atoms with Crippen LogP contribution in [-0.4, -0.2) is 78.1 Å². The fourth-order valence-corrected chi connectivity index (χ4v) is 3.84. The van der Waals surface area contributed by atoms with E-state index in [1.54, 1.807) is 7.11 Å². The Labute approximate surface area is 143 Å². The molecule has 0 spiro atoms. The molecule has 2 fully saturated rings. The monoisotopic (exact) mass is 336 g/mol. The number of nitrogens with zero attached hydrogens (tertiary/aromatic N) is 4. The van der Waals surface area contributed by atoms with Crippen LogP contribution in [0.25, 0.3) is 0 Å². The van der Waals surface area contributed by atoms with Crippen LogP contribution >= 0.6 is 0 Å². The Morgan fingerprint density at radius 3 is 2.54 bits per heavy atom. The first-order valence-corrected chi connectivity index (χ1v) is 8.78. The van der Waals surface area contributed by atoms with Gasteiger partial charge in [-0.3, -0.25) is 0 Å². The van der Waals surface area contributed by atoms with E-state index in [0.29, 0.717) is 24.3 Å². The van der Waals surface area contributed by atoms with Crippen LogP contribution in [0.1, 0.15) is 12.8 Å². The highest BCUT2D eigenvalue weighted by atomic mass is 16.5. The van der Waals surface area contributed by atoms with Crippen molar-refractivity contribution in [3.63, 3.8) is 0 Å². The normalized spacial score (nSPS) is 26.0. The molecule has 7 heteroatoms. The maximum absolute atomic E-state index is 9.78. The zero-order chi connectivity index (χ0) is 16.9. The Morgan fingerprint density at radius 2 is 1.88 bits per heavy atom. The standard InChI is InChI=1S/C17H28N4O3/c1-24-17-6-16(18-12-19-17)21-8-14(15(9-21)11-23)7-20-4-2-13(10-22)3-5-20/h6,12-15,22-23H,2-5,7-11H2,1H3/t14-,15-/m1/s1. The molecule has 2 saturated heterocycles. The van der Waals surface area contributed by atoms with Crippen molar-refractivity contribution in [3.8, 4) is 5.88 Å². The minimum absolute atomic E-state index is 0.205. The smallest absolute Gasteiger partial charge is 0.218 e. The lowest BCUT2D eigenvalue weighted by atomic mass is 9.93. The summed E-state index contributed by atoms with van der Waals surface area (Å²) in [7, 11) is 1.60. The number of aliphatic hydroxyl groups is 2. The average molecular weight is 336 g/mol. The molecule has 1 aromatic rings. The van der Waals surface area contributed by atoms with Gasteiger partial charge in [0.1, 0.15) is 12.1 Å². The number of rotatable bonds is 6. The Balaban J connectivity index is 1.60. The third-order valence-electron chi connectivity index (χ3n) is 5.43. The second-order valence-electron chi connectivity index (χ2n) is 6.95. The number of aromatic nitrogens is 2. The van der Waals surface area contributed by atoms with Crippen molar-refractivity contribution < 1.29 is 14.9 Å². The van der Waals surface area contributed by atoms with E-state index in [0.717, 1.165) is 51.4 Å². The van der Waals surface area contributed by atoms with Gasteiger partial charge in [-0.2, -0.15) is 0 Å². The molecule has 24 heavy (non-hydrogen) atoms. The van der Waals surface area contributed by atoms with Gasteiger partial charge < -0.3 is 24.7 Å². The summed E-state index contributed by atoms with van der Waals surface area (Å²) in [6, 6.07) is 1.85. The van der Waals surface area contributed by atoms with Crippen LogP contribution in [0.5, 0.6) is 5.88 Å². The van der Waals surface area contributed by atoms with Crippen LogP contribution < -0.4 is 9.64 Å². The average Bonchev–Trinajstić information content (AvgIpc) is 3.05. The lowest BCUT2D eigenvalue weighted by Crippen LogP contribution is -2.40. The van der Waals surface area contributed by atoms with Gasteiger partial charge in [-0.15, -0.1) is 0 Å². The summed E-state index contributed by atoms with van der Waals surface area (Å²) in [6.07, 6.45) is 3.66. The molecule has 3 rings (SSSR count). The third-order valence-corrected chi connectivity index (χ3v) is 5.43. The maximum Gasteiger partial charge on any atom is 0.218 e. The molecule has 2 atom stereocenters. The molecule has 3 heterocycles. The highest BCUT2D eigenvalue weighted by Crippen LogP contribution is 2.29. The van der Waals surface area contributed by atoms with Crippen molar-refractivity contribution in [2.45, 2.75) is 12.8 Å². The van der Waals surface area contributed by atoms with E-state index >= 15 is 0 Å². The topological polar surface area (TPSA) is 82.0 Å². The van der Waals surface area contributed by atoms with Crippen molar-refractivity contribution in [2.75, 3.05) is 57.9 Å². The molecule has 0 saturated carbocycles. The van der Waals surface area contributed by atoms with Gasteiger partial charge in [0, 0.05) is 44.8 Å². The molecule has 0 aliphatic carbocycles. The van der Waals surface area contributed by atoms with Gasteiger partial charge in [0.15, 0.2) is 0 Å². The Hall–Kier alpha value is -1.44. The van der Waals surface area contributed by atoms with E-state index in [4.69, 9.17) is 4.74 Å². The maximum atomic E-state index is 9.78. The predicted molar refractivity (Wildman–Crippen MR) is 91.1 cm³/mol. The fourth-order valence-electron chi connectivity index (χ4n) is 3.84. The largest absolute Gasteiger partial charge is 0.481 e. The Morgan fingerprint density at radius 1 is 1.12 bits per heavy atom. The van der Waals surface area contributed by atoms with Crippen molar-refractivity contribution in [1.29, 1.82) is 0 Å². The molecule has 2 aliphatic heterocycles. The highest BCUT2D eigenvalue weighted by molar-refractivity contribution is 5.42. The van der Waals surface area contributed by atoms with Crippen LogP contribution in [0.2, 0.25) is 0 Å².